The minimum Gasteiger partial charge on any atom is -0.497 e. The number of nitriles is 1. The zero-order chi connectivity index (χ0) is 22.7. The second-order valence-electron chi connectivity index (χ2n) is 7.74. The third-order valence-electron chi connectivity index (χ3n) is 5.44. The summed E-state index contributed by atoms with van der Waals surface area (Å²) in [5, 5.41) is 22.2. The average Bonchev–Trinajstić information content (AvgIpc) is 3.59. The monoisotopic (exact) mass is 467 g/mol. The molecule has 2 aromatic carbocycles. The molecular formula is C23H22ClN5O2S. The third kappa shape index (κ3) is 4.59. The number of nitrogens with one attached hydrogen (secondary N) is 1. The maximum absolute atomic E-state index is 12.6. The second kappa shape index (κ2) is 9.23. The first-order valence-electron chi connectivity index (χ1n) is 10.1. The summed E-state index contributed by atoms with van der Waals surface area (Å²) in [7, 11) is 1.61. The minimum absolute atomic E-state index is 0.112. The summed E-state index contributed by atoms with van der Waals surface area (Å²) < 4.78 is 7.13. The fourth-order valence-electron chi connectivity index (χ4n) is 3.48. The lowest BCUT2D eigenvalue weighted by molar-refractivity contribution is -0.119. The van der Waals surface area contributed by atoms with Gasteiger partial charge >= 0.3 is 0 Å². The molecule has 9 heteroatoms. The van der Waals surface area contributed by atoms with E-state index < -0.39 is 5.54 Å². The molecule has 1 aliphatic carbocycles. The van der Waals surface area contributed by atoms with Crippen molar-refractivity contribution in [2.45, 2.75) is 30.5 Å². The van der Waals surface area contributed by atoms with Crippen LogP contribution in [0.5, 0.6) is 5.75 Å². The Morgan fingerprint density at radius 1 is 1.28 bits per heavy atom. The van der Waals surface area contributed by atoms with Gasteiger partial charge in [0.1, 0.15) is 11.3 Å². The van der Waals surface area contributed by atoms with Crippen LogP contribution < -0.4 is 10.1 Å². The van der Waals surface area contributed by atoms with Crippen molar-refractivity contribution in [1.29, 1.82) is 5.26 Å². The number of benzene rings is 2. The Hall–Kier alpha value is -3.02. The lowest BCUT2D eigenvalue weighted by atomic mass is 9.98. The van der Waals surface area contributed by atoms with Crippen molar-refractivity contribution in [3.05, 3.63) is 53.6 Å². The van der Waals surface area contributed by atoms with Crippen LogP contribution in [-0.2, 0) is 4.79 Å². The Labute approximate surface area is 195 Å². The summed E-state index contributed by atoms with van der Waals surface area (Å²) in [6, 6.07) is 17.1. The molecule has 0 radical (unpaired) electrons. The fraction of sp³-hybridized carbons (Fsp3) is 0.304. The molecular weight excluding hydrogens is 446 g/mol. The van der Waals surface area contributed by atoms with E-state index in [9.17, 15) is 10.1 Å². The summed E-state index contributed by atoms with van der Waals surface area (Å²) in [6.45, 7) is 1.78. The van der Waals surface area contributed by atoms with E-state index in [0.29, 0.717) is 16.0 Å². The van der Waals surface area contributed by atoms with Crippen LogP contribution in [0, 0.1) is 17.2 Å². The predicted octanol–water partition coefficient (Wildman–Crippen LogP) is 4.50. The van der Waals surface area contributed by atoms with Gasteiger partial charge < -0.3 is 10.1 Å². The van der Waals surface area contributed by atoms with Crippen LogP contribution in [0.4, 0.5) is 0 Å². The number of nitrogens with zero attached hydrogens (tertiary/aromatic N) is 4. The van der Waals surface area contributed by atoms with Crippen LogP contribution in [0.25, 0.3) is 17.1 Å². The van der Waals surface area contributed by atoms with E-state index >= 15 is 0 Å². The van der Waals surface area contributed by atoms with E-state index in [1.807, 2.05) is 47.0 Å². The highest BCUT2D eigenvalue weighted by Gasteiger charge is 2.43. The van der Waals surface area contributed by atoms with Crippen LogP contribution in [-0.4, -0.2) is 39.1 Å². The average molecular weight is 468 g/mol. The highest BCUT2D eigenvalue weighted by molar-refractivity contribution is 7.99. The molecule has 1 amide bonds. The fourth-order valence-corrected chi connectivity index (χ4v) is 4.45. The summed E-state index contributed by atoms with van der Waals surface area (Å²) in [5.41, 5.74) is 0.720. The molecule has 1 N–H and O–H groups in total. The normalized spacial score (nSPS) is 14.9. The SMILES string of the molecule is COc1ccc(-n2c(SCC(=O)NC(C)(C#N)C3CC3)nnc2-c2ccccc2Cl)cc1. The van der Waals surface area contributed by atoms with Gasteiger partial charge in [0.15, 0.2) is 11.0 Å². The summed E-state index contributed by atoms with van der Waals surface area (Å²) in [5.74, 6) is 1.42. The molecule has 32 heavy (non-hydrogen) atoms. The van der Waals surface area contributed by atoms with Gasteiger partial charge in [-0.05, 0) is 62.1 Å². The maximum atomic E-state index is 12.6. The Bertz CT molecular complexity index is 1170. The lowest BCUT2D eigenvalue weighted by Crippen LogP contribution is -2.47. The van der Waals surface area contributed by atoms with E-state index in [4.69, 9.17) is 16.3 Å². The summed E-state index contributed by atoms with van der Waals surface area (Å²) >= 11 is 7.68. The molecule has 0 saturated heterocycles. The number of ether oxygens (including phenoxy) is 1. The molecule has 1 atom stereocenters. The van der Waals surface area contributed by atoms with Crippen molar-refractivity contribution < 1.29 is 9.53 Å². The molecule has 1 aromatic heterocycles. The number of aromatic nitrogens is 3. The molecule has 1 aliphatic rings. The van der Waals surface area contributed by atoms with Gasteiger partial charge in [0.05, 0.1) is 24.0 Å². The zero-order valence-electron chi connectivity index (χ0n) is 17.7. The van der Waals surface area contributed by atoms with Crippen molar-refractivity contribution >= 4 is 29.3 Å². The van der Waals surface area contributed by atoms with Gasteiger partial charge in [-0.1, -0.05) is 35.5 Å². The number of hydrogen-bond donors (Lipinski definition) is 1. The predicted molar refractivity (Wildman–Crippen MR) is 124 cm³/mol. The van der Waals surface area contributed by atoms with Gasteiger partial charge in [-0.15, -0.1) is 10.2 Å². The van der Waals surface area contributed by atoms with Crippen molar-refractivity contribution in [1.82, 2.24) is 20.1 Å². The van der Waals surface area contributed by atoms with Gasteiger partial charge in [-0.2, -0.15) is 5.26 Å². The molecule has 0 spiro atoms. The van der Waals surface area contributed by atoms with Crippen LogP contribution in [0.2, 0.25) is 5.02 Å². The van der Waals surface area contributed by atoms with Crippen LogP contribution in [0.1, 0.15) is 19.8 Å². The maximum Gasteiger partial charge on any atom is 0.231 e. The molecule has 4 rings (SSSR count). The molecule has 164 valence electrons. The van der Waals surface area contributed by atoms with E-state index in [-0.39, 0.29) is 17.6 Å². The second-order valence-corrected chi connectivity index (χ2v) is 9.09. The Morgan fingerprint density at radius 2 is 2.00 bits per heavy atom. The number of carbonyl (C=O) groups is 1. The molecule has 1 saturated carbocycles. The van der Waals surface area contributed by atoms with Crippen molar-refractivity contribution in [3.63, 3.8) is 0 Å². The summed E-state index contributed by atoms with van der Waals surface area (Å²) in [4.78, 5) is 12.6. The van der Waals surface area contributed by atoms with E-state index in [2.05, 4.69) is 21.6 Å². The van der Waals surface area contributed by atoms with E-state index in [1.54, 1.807) is 20.1 Å². The van der Waals surface area contributed by atoms with E-state index in [0.717, 1.165) is 29.8 Å². The number of halogens is 1. The van der Waals surface area contributed by atoms with Gasteiger partial charge in [-0.3, -0.25) is 9.36 Å². The number of hydrogen-bond acceptors (Lipinski definition) is 6. The largest absolute Gasteiger partial charge is 0.497 e. The minimum atomic E-state index is -0.829. The quantitative estimate of drug-likeness (QED) is 0.490. The van der Waals surface area contributed by atoms with Gasteiger partial charge in [-0.25, -0.2) is 0 Å². The van der Waals surface area contributed by atoms with Gasteiger partial charge in [0.25, 0.3) is 0 Å². The summed E-state index contributed by atoms with van der Waals surface area (Å²) in [6.07, 6.45) is 1.93. The Kier molecular flexibility index (Phi) is 6.40. The number of carbonyl (C=O) groups excluding carboxylic acids is 1. The smallest absolute Gasteiger partial charge is 0.231 e. The molecule has 0 aliphatic heterocycles. The number of methoxy groups -OCH3 is 1. The molecule has 7 nitrogen and oxygen atoms in total. The molecule has 1 heterocycles. The van der Waals surface area contributed by atoms with Gasteiger partial charge in [0, 0.05) is 11.3 Å². The third-order valence-corrected chi connectivity index (χ3v) is 6.69. The topological polar surface area (TPSA) is 92.8 Å². The lowest BCUT2D eigenvalue weighted by Gasteiger charge is -2.22. The molecule has 3 aromatic rings. The van der Waals surface area contributed by atoms with Gasteiger partial charge in [0.2, 0.25) is 5.91 Å². The number of rotatable bonds is 8. The molecule has 1 fully saturated rings. The molecule has 1 unspecified atom stereocenters. The first-order chi connectivity index (χ1) is 15.4. The highest BCUT2D eigenvalue weighted by atomic mass is 35.5. The molecule has 0 bridgehead atoms. The Morgan fingerprint density at radius 3 is 2.62 bits per heavy atom. The van der Waals surface area contributed by atoms with Crippen molar-refractivity contribution in [2.75, 3.05) is 12.9 Å². The number of thioether (sulfide) groups is 1. The van der Waals surface area contributed by atoms with Crippen LogP contribution in [0.15, 0.2) is 53.7 Å². The van der Waals surface area contributed by atoms with E-state index in [1.165, 1.54) is 11.8 Å². The zero-order valence-corrected chi connectivity index (χ0v) is 19.3. The van der Waals surface area contributed by atoms with Crippen LogP contribution in [0.3, 0.4) is 0 Å². The van der Waals surface area contributed by atoms with Crippen molar-refractivity contribution in [3.8, 4) is 28.9 Å². The van der Waals surface area contributed by atoms with Crippen molar-refractivity contribution in [2.24, 2.45) is 5.92 Å². The highest BCUT2D eigenvalue weighted by Crippen LogP contribution is 2.39. The standard InChI is InChI=1S/C23H22ClN5O2S/c1-23(14-25,15-7-8-15)26-20(30)13-32-22-28-27-21(18-5-3-4-6-19(18)24)29(22)16-9-11-17(31-2)12-10-16/h3-6,9-12,15H,7-8,13H2,1-2H3,(H,26,30). The van der Waals surface area contributed by atoms with Crippen LogP contribution >= 0.6 is 23.4 Å². The Balaban J connectivity index is 1.62. The first-order valence-corrected chi connectivity index (χ1v) is 11.5. The first kappa shape index (κ1) is 22.2. The number of amides is 1.